The Morgan fingerprint density at radius 2 is 1.90 bits per heavy atom. The molecule has 21 heavy (non-hydrogen) atoms. The van der Waals surface area contributed by atoms with Gasteiger partial charge in [-0.25, -0.2) is 0 Å². The van der Waals surface area contributed by atoms with Gasteiger partial charge in [0, 0.05) is 23.0 Å². The molecule has 0 saturated carbocycles. The van der Waals surface area contributed by atoms with Crippen molar-refractivity contribution in [3.05, 3.63) is 34.9 Å². The van der Waals surface area contributed by atoms with E-state index in [1.807, 2.05) is 0 Å². The predicted molar refractivity (Wildman–Crippen MR) is 82.9 cm³/mol. The minimum atomic E-state index is 0.0671. The molecule has 0 atom stereocenters. The molecule has 1 aromatic rings. The minimum Gasteiger partial charge on any atom is -0.394 e. The highest BCUT2D eigenvalue weighted by atomic mass is 35.5. The van der Waals surface area contributed by atoms with Gasteiger partial charge in [-0.05, 0) is 50.2 Å². The number of aliphatic hydroxyl groups excluding tert-OH is 1. The zero-order valence-electron chi connectivity index (χ0n) is 12.1. The van der Waals surface area contributed by atoms with Crippen molar-refractivity contribution in [1.29, 1.82) is 0 Å². The summed E-state index contributed by atoms with van der Waals surface area (Å²) in [6, 6.07) is 7.14. The van der Waals surface area contributed by atoms with Gasteiger partial charge in [0.15, 0.2) is 5.78 Å². The Labute approximate surface area is 130 Å². The van der Waals surface area contributed by atoms with Crippen molar-refractivity contribution < 1.29 is 14.6 Å². The maximum atomic E-state index is 12.4. The molecule has 0 aromatic heterocycles. The van der Waals surface area contributed by atoms with Crippen molar-refractivity contribution in [2.24, 2.45) is 5.92 Å². The third-order valence-corrected chi connectivity index (χ3v) is 4.13. The highest BCUT2D eigenvalue weighted by molar-refractivity contribution is 6.30. The van der Waals surface area contributed by atoms with Crippen molar-refractivity contribution in [3.8, 4) is 0 Å². The Morgan fingerprint density at radius 1 is 1.24 bits per heavy atom. The van der Waals surface area contributed by atoms with Gasteiger partial charge in [0.05, 0.1) is 19.8 Å². The number of ether oxygens (including phenoxy) is 1. The molecule has 2 rings (SSSR count). The zero-order chi connectivity index (χ0) is 15.1. The van der Waals surface area contributed by atoms with Gasteiger partial charge in [-0.15, -0.1) is 0 Å². The maximum Gasteiger partial charge on any atom is 0.166 e. The van der Waals surface area contributed by atoms with E-state index in [0.717, 1.165) is 38.0 Å². The fourth-order valence-electron chi connectivity index (χ4n) is 2.63. The quantitative estimate of drug-likeness (QED) is 0.620. The largest absolute Gasteiger partial charge is 0.394 e. The van der Waals surface area contributed by atoms with E-state index in [0.29, 0.717) is 18.2 Å². The molecule has 1 heterocycles. The van der Waals surface area contributed by atoms with Crippen LogP contribution in [0.5, 0.6) is 0 Å². The Morgan fingerprint density at radius 3 is 2.52 bits per heavy atom. The number of carbonyl (C=O) groups is 1. The molecule has 0 amide bonds. The van der Waals surface area contributed by atoms with Crippen LogP contribution in [0, 0.1) is 5.92 Å². The van der Waals surface area contributed by atoms with Gasteiger partial charge in [-0.2, -0.15) is 0 Å². The molecule has 0 bridgehead atoms. The second kappa shape index (κ2) is 8.49. The Bertz CT molecular complexity index is 441. The van der Waals surface area contributed by atoms with Crippen LogP contribution < -0.4 is 0 Å². The number of hydrogen-bond donors (Lipinski definition) is 1. The van der Waals surface area contributed by atoms with E-state index in [-0.39, 0.29) is 18.3 Å². The lowest BCUT2D eigenvalue weighted by Gasteiger charge is -2.31. The van der Waals surface area contributed by atoms with Crippen LogP contribution in [0.15, 0.2) is 24.3 Å². The second-order valence-corrected chi connectivity index (χ2v) is 5.76. The first-order chi connectivity index (χ1) is 10.2. The smallest absolute Gasteiger partial charge is 0.166 e. The Kier molecular flexibility index (Phi) is 6.64. The lowest BCUT2D eigenvalue weighted by molar-refractivity contribution is 0.0612. The van der Waals surface area contributed by atoms with Crippen molar-refractivity contribution in [2.75, 3.05) is 39.5 Å². The number of nitrogens with zero attached hydrogens (tertiary/aromatic N) is 1. The van der Waals surface area contributed by atoms with Crippen molar-refractivity contribution in [2.45, 2.75) is 12.8 Å². The Balaban J connectivity index is 1.75. The first-order valence-electron chi connectivity index (χ1n) is 7.41. The summed E-state index contributed by atoms with van der Waals surface area (Å²) in [6.07, 6.45) is 1.78. The molecule has 0 aliphatic carbocycles. The zero-order valence-corrected chi connectivity index (χ0v) is 12.9. The van der Waals surface area contributed by atoms with Crippen LogP contribution in [-0.2, 0) is 4.74 Å². The fourth-order valence-corrected chi connectivity index (χ4v) is 2.75. The van der Waals surface area contributed by atoms with E-state index >= 15 is 0 Å². The van der Waals surface area contributed by atoms with Gasteiger partial charge in [-0.3, -0.25) is 4.79 Å². The lowest BCUT2D eigenvalue weighted by Crippen LogP contribution is -2.38. The first-order valence-corrected chi connectivity index (χ1v) is 7.79. The monoisotopic (exact) mass is 311 g/mol. The molecule has 0 radical (unpaired) electrons. The van der Waals surface area contributed by atoms with Crippen LogP contribution in [0.3, 0.4) is 0 Å². The molecule has 1 aliphatic rings. The summed E-state index contributed by atoms with van der Waals surface area (Å²) in [5.74, 6) is 0.337. The molecule has 1 N–H and O–H groups in total. The van der Waals surface area contributed by atoms with Gasteiger partial charge in [0.1, 0.15) is 0 Å². The van der Waals surface area contributed by atoms with Crippen LogP contribution in [-0.4, -0.2) is 55.2 Å². The molecule has 4 nitrogen and oxygen atoms in total. The van der Waals surface area contributed by atoms with E-state index in [4.69, 9.17) is 21.4 Å². The third kappa shape index (κ3) is 5.08. The highest BCUT2D eigenvalue weighted by Gasteiger charge is 2.25. The van der Waals surface area contributed by atoms with E-state index in [1.165, 1.54) is 0 Å². The topological polar surface area (TPSA) is 49.8 Å². The number of halogens is 1. The third-order valence-electron chi connectivity index (χ3n) is 3.87. The number of benzene rings is 1. The van der Waals surface area contributed by atoms with Gasteiger partial charge in [-0.1, -0.05) is 11.6 Å². The van der Waals surface area contributed by atoms with Gasteiger partial charge < -0.3 is 14.7 Å². The first kappa shape index (κ1) is 16.4. The SMILES string of the molecule is O=C(c1ccc(Cl)cc1)C1CCN(CCOCCO)CC1. The molecule has 0 spiro atoms. The number of hydrogen-bond acceptors (Lipinski definition) is 4. The number of carbonyl (C=O) groups excluding carboxylic acids is 1. The second-order valence-electron chi connectivity index (χ2n) is 5.32. The number of likely N-dealkylation sites (tertiary alicyclic amines) is 1. The predicted octanol–water partition coefficient (Wildman–Crippen LogP) is 2.24. The molecule has 116 valence electrons. The van der Waals surface area contributed by atoms with Crippen molar-refractivity contribution in [1.82, 2.24) is 4.90 Å². The van der Waals surface area contributed by atoms with Gasteiger partial charge in [0.2, 0.25) is 0 Å². The molecule has 1 fully saturated rings. The lowest BCUT2D eigenvalue weighted by atomic mass is 9.89. The van der Waals surface area contributed by atoms with E-state index in [1.54, 1.807) is 24.3 Å². The molecule has 1 saturated heterocycles. The maximum absolute atomic E-state index is 12.4. The molecular weight excluding hydrogens is 290 g/mol. The van der Waals surface area contributed by atoms with E-state index in [9.17, 15) is 4.79 Å². The van der Waals surface area contributed by atoms with Crippen molar-refractivity contribution in [3.63, 3.8) is 0 Å². The standard InChI is InChI=1S/C16H22ClNO3/c17-15-3-1-13(2-4-15)16(20)14-5-7-18(8-6-14)9-11-21-12-10-19/h1-4,14,19H,5-12H2. The van der Waals surface area contributed by atoms with Gasteiger partial charge >= 0.3 is 0 Å². The average molecular weight is 312 g/mol. The molecule has 1 aliphatic heterocycles. The van der Waals surface area contributed by atoms with Crippen LogP contribution in [0.4, 0.5) is 0 Å². The van der Waals surface area contributed by atoms with Crippen LogP contribution >= 0.6 is 11.6 Å². The number of Topliss-reactive ketones (excluding diaryl/α,β-unsaturated/α-hetero) is 1. The van der Waals surface area contributed by atoms with Crippen LogP contribution in [0.25, 0.3) is 0 Å². The van der Waals surface area contributed by atoms with Crippen LogP contribution in [0.1, 0.15) is 23.2 Å². The normalized spacial score (nSPS) is 17.0. The molecule has 1 aromatic carbocycles. The van der Waals surface area contributed by atoms with Crippen LogP contribution in [0.2, 0.25) is 5.02 Å². The number of piperidine rings is 1. The molecular formula is C16H22ClNO3. The van der Waals surface area contributed by atoms with E-state index in [2.05, 4.69) is 4.90 Å². The number of aliphatic hydroxyl groups is 1. The van der Waals surface area contributed by atoms with E-state index < -0.39 is 0 Å². The average Bonchev–Trinajstić information content (AvgIpc) is 2.52. The molecule has 5 heteroatoms. The summed E-state index contributed by atoms with van der Waals surface area (Å²) in [5, 5.41) is 9.30. The molecule has 0 unspecified atom stereocenters. The summed E-state index contributed by atoms with van der Waals surface area (Å²) in [4.78, 5) is 14.7. The summed E-state index contributed by atoms with van der Waals surface area (Å²) in [6.45, 7) is 3.81. The van der Waals surface area contributed by atoms with Crippen molar-refractivity contribution >= 4 is 17.4 Å². The number of rotatable bonds is 7. The van der Waals surface area contributed by atoms with Gasteiger partial charge in [0.25, 0.3) is 0 Å². The fraction of sp³-hybridized carbons (Fsp3) is 0.562. The summed E-state index contributed by atoms with van der Waals surface area (Å²) >= 11 is 5.85. The Hall–Kier alpha value is -0.940. The highest BCUT2D eigenvalue weighted by Crippen LogP contribution is 2.22. The summed E-state index contributed by atoms with van der Waals surface area (Å²) in [5.41, 5.74) is 0.754. The summed E-state index contributed by atoms with van der Waals surface area (Å²) in [7, 11) is 0. The minimum absolute atomic E-state index is 0.0671. The number of ketones is 1. The summed E-state index contributed by atoms with van der Waals surface area (Å²) < 4.78 is 5.27.